The highest BCUT2D eigenvalue weighted by atomic mass is 32.2. The molecule has 0 radical (unpaired) electrons. The highest BCUT2D eigenvalue weighted by Crippen LogP contribution is 2.29. The molecule has 26 heavy (non-hydrogen) atoms. The molecule has 0 aliphatic rings. The number of aromatic nitrogens is 1. The van der Waals surface area contributed by atoms with Gasteiger partial charge in [0.2, 0.25) is 0 Å². The van der Waals surface area contributed by atoms with Gasteiger partial charge in [-0.1, -0.05) is 12.1 Å². The van der Waals surface area contributed by atoms with Crippen molar-refractivity contribution in [3.8, 4) is 0 Å². The van der Waals surface area contributed by atoms with E-state index in [1.54, 1.807) is 12.1 Å². The molecule has 0 amide bonds. The molecule has 6 nitrogen and oxygen atoms in total. The Kier molecular flexibility index (Phi) is 3.62. The maximum absolute atomic E-state index is 12.8. The van der Waals surface area contributed by atoms with E-state index in [1.807, 2.05) is 26.0 Å². The third-order valence-corrected chi connectivity index (χ3v) is 5.85. The molecule has 132 valence electrons. The minimum absolute atomic E-state index is 0.0934. The first-order valence-electron chi connectivity index (χ1n) is 8.00. The van der Waals surface area contributed by atoms with E-state index >= 15 is 0 Å². The molecular weight excluding hydrogens is 352 g/mol. The van der Waals surface area contributed by atoms with Gasteiger partial charge in [-0.05, 0) is 49.7 Å². The second kappa shape index (κ2) is 5.74. The van der Waals surface area contributed by atoms with Crippen LogP contribution in [0.3, 0.4) is 0 Å². The minimum atomic E-state index is -3.80. The average Bonchev–Trinajstić information content (AvgIpc) is 2.90. The number of nitrogens with one attached hydrogen (secondary N) is 2. The van der Waals surface area contributed by atoms with Crippen LogP contribution in [0.15, 0.2) is 62.6 Å². The van der Waals surface area contributed by atoms with E-state index in [2.05, 4.69) is 9.71 Å². The van der Waals surface area contributed by atoms with Crippen LogP contribution in [0.1, 0.15) is 11.3 Å². The fourth-order valence-electron chi connectivity index (χ4n) is 2.99. The normalized spacial score (nSPS) is 11.9. The summed E-state index contributed by atoms with van der Waals surface area (Å²) >= 11 is 0. The molecule has 0 unspecified atom stereocenters. The van der Waals surface area contributed by atoms with Crippen LogP contribution < -0.4 is 10.3 Å². The van der Waals surface area contributed by atoms with Gasteiger partial charge in [0.1, 0.15) is 5.58 Å². The number of para-hydroxylation sites is 1. The fourth-order valence-corrected chi connectivity index (χ4v) is 4.10. The number of benzene rings is 2. The van der Waals surface area contributed by atoms with Crippen molar-refractivity contribution in [3.63, 3.8) is 0 Å². The molecule has 0 atom stereocenters. The summed E-state index contributed by atoms with van der Waals surface area (Å²) in [5.41, 5.74) is 3.18. The molecule has 0 saturated heterocycles. The number of sulfonamides is 1. The molecule has 2 heterocycles. The molecule has 0 fully saturated rings. The van der Waals surface area contributed by atoms with E-state index in [0.29, 0.717) is 16.7 Å². The predicted octanol–water partition coefficient (Wildman–Crippen LogP) is 3.69. The Hall–Kier alpha value is -3.06. The van der Waals surface area contributed by atoms with Crippen LogP contribution in [0, 0.1) is 13.8 Å². The van der Waals surface area contributed by atoms with Crippen molar-refractivity contribution in [3.05, 3.63) is 70.2 Å². The van der Waals surface area contributed by atoms with Crippen LogP contribution in [0.4, 0.5) is 5.69 Å². The molecule has 0 aliphatic heterocycles. The van der Waals surface area contributed by atoms with Crippen LogP contribution in [0.25, 0.3) is 21.9 Å². The van der Waals surface area contributed by atoms with Gasteiger partial charge in [0.25, 0.3) is 10.0 Å². The summed E-state index contributed by atoms with van der Waals surface area (Å²) in [6.07, 6.45) is 0. The van der Waals surface area contributed by atoms with Crippen molar-refractivity contribution in [2.24, 2.45) is 0 Å². The molecule has 4 aromatic rings. The van der Waals surface area contributed by atoms with Gasteiger partial charge in [0, 0.05) is 22.5 Å². The number of H-pyrrole nitrogens is 1. The summed E-state index contributed by atoms with van der Waals surface area (Å²) in [7, 11) is -3.80. The maximum atomic E-state index is 12.8. The van der Waals surface area contributed by atoms with E-state index < -0.39 is 15.6 Å². The highest BCUT2D eigenvalue weighted by molar-refractivity contribution is 7.92. The molecule has 7 heteroatoms. The Bertz CT molecular complexity index is 1320. The number of fused-ring (bicyclic) bond motifs is 2. The topological polar surface area (TPSA) is 92.2 Å². The number of hydrogen-bond donors (Lipinski definition) is 2. The van der Waals surface area contributed by atoms with Crippen molar-refractivity contribution in [1.82, 2.24) is 4.98 Å². The van der Waals surface area contributed by atoms with Crippen molar-refractivity contribution in [1.29, 1.82) is 0 Å². The lowest BCUT2D eigenvalue weighted by Crippen LogP contribution is -2.13. The average molecular weight is 368 g/mol. The molecule has 4 rings (SSSR count). The second-order valence-corrected chi connectivity index (χ2v) is 7.85. The van der Waals surface area contributed by atoms with E-state index in [-0.39, 0.29) is 4.90 Å². The van der Waals surface area contributed by atoms with Crippen LogP contribution in [0.5, 0.6) is 0 Å². The maximum Gasteiger partial charge on any atom is 0.336 e. The number of aromatic amines is 1. The first kappa shape index (κ1) is 16.4. The highest BCUT2D eigenvalue weighted by Gasteiger charge is 2.18. The standard InChI is InChI=1S/C19H16N2O4S/c1-11-12(2)20-19-15(11)4-3-5-16(19)21-26(23,24)14-7-8-17-13(10-14)6-9-18(22)25-17/h3-10,20-21H,1-2H3. The summed E-state index contributed by atoms with van der Waals surface area (Å²) in [5, 5.41) is 1.51. The van der Waals surface area contributed by atoms with Crippen LogP contribution >= 0.6 is 0 Å². The first-order valence-corrected chi connectivity index (χ1v) is 9.48. The van der Waals surface area contributed by atoms with E-state index in [9.17, 15) is 13.2 Å². The number of hydrogen-bond acceptors (Lipinski definition) is 4. The molecule has 2 N–H and O–H groups in total. The van der Waals surface area contributed by atoms with Gasteiger partial charge in [0.05, 0.1) is 16.1 Å². The van der Waals surface area contributed by atoms with Gasteiger partial charge >= 0.3 is 5.63 Å². The van der Waals surface area contributed by atoms with Gasteiger partial charge in [-0.3, -0.25) is 4.72 Å². The molecule has 0 saturated carbocycles. The van der Waals surface area contributed by atoms with Gasteiger partial charge in [-0.2, -0.15) is 0 Å². The quantitative estimate of drug-likeness (QED) is 0.540. The van der Waals surface area contributed by atoms with Crippen molar-refractivity contribution in [2.45, 2.75) is 18.7 Å². The Balaban J connectivity index is 1.79. The Labute approximate surface area is 149 Å². The lowest BCUT2D eigenvalue weighted by Gasteiger charge is -2.10. The Morgan fingerprint density at radius 1 is 1.04 bits per heavy atom. The largest absolute Gasteiger partial charge is 0.423 e. The van der Waals surface area contributed by atoms with Gasteiger partial charge in [0.15, 0.2) is 0 Å². The number of aryl methyl sites for hydroxylation is 2. The van der Waals surface area contributed by atoms with E-state index in [4.69, 9.17) is 4.42 Å². The smallest absolute Gasteiger partial charge is 0.336 e. The summed E-state index contributed by atoms with van der Waals surface area (Å²) in [6, 6.07) is 12.7. The predicted molar refractivity (Wildman–Crippen MR) is 101 cm³/mol. The van der Waals surface area contributed by atoms with Gasteiger partial charge in [-0.15, -0.1) is 0 Å². The van der Waals surface area contributed by atoms with E-state index in [0.717, 1.165) is 22.2 Å². The first-order chi connectivity index (χ1) is 12.3. The molecule has 2 aromatic heterocycles. The second-order valence-electron chi connectivity index (χ2n) is 6.16. The summed E-state index contributed by atoms with van der Waals surface area (Å²) in [4.78, 5) is 14.6. The molecule has 0 spiro atoms. The monoisotopic (exact) mass is 368 g/mol. The van der Waals surface area contributed by atoms with E-state index in [1.165, 1.54) is 24.3 Å². The van der Waals surface area contributed by atoms with Gasteiger partial charge in [-0.25, -0.2) is 13.2 Å². The molecule has 0 bridgehead atoms. The molecule has 2 aromatic carbocycles. The Morgan fingerprint density at radius 3 is 2.65 bits per heavy atom. The van der Waals surface area contributed by atoms with Crippen molar-refractivity contribution in [2.75, 3.05) is 4.72 Å². The van der Waals surface area contributed by atoms with Crippen LogP contribution in [-0.2, 0) is 10.0 Å². The van der Waals surface area contributed by atoms with Crippen LogP contribution in [-0.4, -0.2) is 13.4 Å². The zero-order valence-electron chi connectivity index (χ0n) is 14.2. The number of anilines is 1. The molecule has 0 aliphatic carbocycles. The lowest BCUT2D eigenvalue weighted by molar-refractivity contribution is 0.560. The van der Waals surface area contributed by atoms with Crippen LogP contribution in [0.2, 0.25) is 0 Å². The van der Waals surface area contributed by atoms with Crippen molar-refractivity contribution < 1.29 is 12.8 Å². The summed E-state index contributed by atoms with van der Waals surface area (Å²) < 4.78 is 33.3. The summed E-state index contributed by atoms with van der Waals surface area (Å²) in [5.74, 6) is 0. The fraction of sp³-hybridized carbons (Fsp3) is 0.105. The zero-order valence-corrected chi connectivity index (χ0v) is 15.0. The third-order valence-electron chi connectivity index (χ3n) is 4.49. The van der Waals surface area contributed by atoms with Gasteiger partial charge < -0.3 is 9.40 Å². The van der Waals surface area contributed by atoms with Crippen molar-refractivity contribution >= 4 is 37.6 Å². The Morgan fingerprint density at radius 2 is 1.85 bits per heavy atom. The lowest BCUT2D eigenvalue weighted by atomic mass is 10.1. The minimum Gasteiger partial charge on any atom is -0.423 e. The third kappa shape index (κ3) is 2.66. The summed E-state index contributed by atoms with van der Waals surface area (Å²) in [6.45, 7) is 3.94. The SMILES string of the molecule is Cc1[nH]c2c(NS(=O)(=O)c3ccc4oc(=O)ccc4c3)cccc2c1C. The molecular formula is C19H16N2O4S. The number of rotatable bonds is 3. The zero-order chi connectivity index (χ0) is 18.5.